The van der Waals surface area contributed by atoms with Crippen LogP contribution in [0.5, 0.6) is 0 Å². The number of cyclic esters (lactones) is 1. The Labute approximate surface area is 125 Å². The van der Waals surface area contributed by atoms with Crippen LogP contribution in [0.3, 0.4) is 0 Å². The van der Waals surface area contributed by atoms with Crippen molar-refractivity contribution in [3.63, 3.8) is 0 Å². The van der Waals surface area contributed by atoms with Crippen molar-refractivity contribution in [1.29, 1.82) is 0 Å². The molecule has 0 radical (unpaired) electrons. The van der Waals surface area contributed by atoms with E-state index in [-0.39, 0.29) is 24.6 Å². The van der Waals surface area contributed by atoms with Gasteiger partial charge in [-0.2, -0.15) is 13.2 Å². The van der Waals surface area contributed by atoms with Crippen LogP contribution >= 0.6 is 12.4 Å². The molecule has 1 heterocycles. The fourth-order valence-electron chi connectivity index (χ4n) is 2.21. The van der Waals surface area contributed by atoms with Gasteiger partial charge in [0.05, 0.1) is 11.6 Å². The summed E-state index contributed by atoms with van der Waals surface area (Å²) in [6.07, 6.45) is -5.48. The number of ether oxygens (including phenoxy) is 1. The van der Waals surface area contributed by atoms with Gasteiger partial charge in [0.1, 0.15) is 12.4 Å². The molecule has 0 unspecified atom stereocenters. The van der Waals surface area contributed by atoms with Crippen molar-refractivity contribution in [3.8, 4) is 0 Å². The maximum atomic E-state index is 13.1. The van der Waals surface area contributed by atoms with Gasteiger partial charge in [0.2, 0.25) is 0 Å². The van der Waals surface area contributed by atoms with E-state index in [1.165, 1.54) is 0 Å². The Bertz CT molecular complexity index is 545. The number of rotatable bonds is 1. The first kappa shape index (κ1) is 17.6. The Hall–Kier alpha value is -1.50. The van der Waals surface area contributed by atoms with Crippen molar-refractivity contribution in [3.05, 3.63) is 35.1 Å². The number of benzene rings is 1. The lowest BCUT2D eigenvalue weighted by Crippen LogP contribution is -2.47. The van der Waals surface area contributed by atoms with Gasteiger partial charge in [-0.1, -0.05) is 19.9 Å². The summed E-state index contributed by atoms with van der Waals surface area (Å²) in [6, 6.07) is 1.53. The van der Waals surface area contributed by atoms with Crippen LogP contribution in [0.1, 0.15) is 31.0 Å². The number of amides is 1. The molecule has 8 heteroatoms. The van der Waals surface area contributed by atoms with E-state index >= 15 is 0 Å². The van der Waals surface area contributed by atoms with E-state index in [1.807, 2.05) is 0 Å². The van der Waals surface area contributed by atoms with Crippen LogP contribution in [0.15, 0.2) is 18.2 Å². The number of nitrogens with one attached hydrogen (secondary N) is 1. The zero-order valence-corrected chi connectivity index (χ0v) is 12.1. The fraction of sp³-hybridized carbons (Fsp3) is 0.462. The molecule has 1 amide bonds. The lowest BCUT2D eigenvalue weighted by atomic mass is 9.79. The monoisotopic (exact) mass is 327 g/mol. The van der Waals surface area contributed by atoms with Gasteiger partial charge in [-0.05, 0) is 17.7 Å². The number of alkyl carbamates (subject to hydrolysis) is 1. The van der Waals surface area contributed by atoms with Crippen molar-refractivity contribution in [2.24, 2.45) is 5.41 Å². The minimum absolute atomic E-state index is 0. The molecule has 1 saturated heterocycles. The molecular formula is C13H14ClF4NO2. The maximum absolute atomic E-state index is 13.1. The quantitative estimate of drug-likeness (QED) is 0.789. The first-order valence-corrected chi connectivity index (χ1v) is 5.91. The van der Waals surface area contributed by atoms with E-state index in [0.717, 1.165) is 12.1 Å². The van der Waals surface area contributed by atoms with E-state index in [0.29, 0.717) is 6.07 Å². The van der Waals surface area contributed by atoms with Crippen LogP contribution in [0.25, 0.3) is 0 Å². The van der Waals surface area contributed by atoms with E-state index in [4.69, 9.17) is 4.74 Å². The molecule has 0 saturated carbocycles. The molecule has 0 spiro atoms. The van der Waals surface area contributed by atoms with Gasteiger partial charge >= 0.3 is 12.3 Å². The highest BCUT2D eigenvalue weighted by atomic mass is 35.5. The lowest BCUT2D eigenvalue weighted by molar-refractivity contribution is -0.139. The van der Waals surface area contributed by atoms with E-state index in [9.17, 15) is 22.4 Å². The van der Waals surface area contributed by atoms with Crippen LogP contribution < -0.4 is 5.32 Å². The Morgan fingerprint density at radius 2 is 1.95 bits per heavy atom. The lowest BCUT2D eigenvalue weighted by Gasteiger charge is -2.39. The summed E-state index contributed by atoms with van der Waals surface area (Å²) in [5, 5.41) is 2.37. The number of hydrogen-bond donors (Lipinski definition) is 1. The Kier molecular flexibility index (Phi) is 4.77. The van der Waals surface area contributed by atoms with Crippen molar-refractivity contribution < 1.29 is 27.1 Å². The Morgan fingerprint density at radius 3 is 2.52 bits per heavy atom. The van der Waals surface area contributed by atoms with Crippen molar-refractivity contribution >= 4 is 18.5 Å². The molecule has 0 bridgehead atoms. The van der Waals surface area contributed by atoms with Gasteiger partial charge < -0.3 is 10.1 Å². The van der Waals surface area contributed by atoms with Gasteiger partial charge in [0, 0.05) is 5.41 Å². The molecule has 21 heavy (non-hydrogen) atoms. The number of alkyl halides is 3. The predicted molar refractivity (Wildman–Crippen MR) is 69.7 cm³/mol. The van der Waals surface area contributed by atoms with Crippen molar-refractivity contribution in [2.75, 3.05) is 6.61 Å². The normalized spacial score (nSPS) is 21.0. The maximum Gasteiger partial charge on any atom is 0.416 e. The first-order valence-electron chi connectivity index (χ1n) is 5.91. The smallest absolute Gasteiger partial charge is 0.416 e. The predicted octanol–water partition coefficient (Wildman–Crippen LogP) is 4.07. The minimum Gasteiger partial charge on any atom is -0.449 e. The van der Waals surface area contributed by atoms with Gasteiger partial charge in [0.15, 0.2) is 0 Å². The summed E-state index contributed by atoms with van der Waals surface area (Å²) in [4.78, 5) is 11.3. The summed E-state index contributed by atoms with van der Waals surface area (Å²) in [7, 11) is 0. The fourth-order valence-corrected chi connectivity index (χ4v) is 2.21. The zero-order valence-electron chi connectivity index (χ0n) is 11.3. The minimum atomic E-state index is -4.70. The standard InChI is InChI=1S/C13H13F4NO2.ClH/c1-12(2)6-20-11(19)18-10(12)8-4-3-7(14)5-9(8)13(15,16)17;/h3-5,10H,6H2,1-2H3,(H,18,19);1H/t10-;/m1./s1. The number of carbonyl (C=O) groups excluding carboxylic acids is 1. The molecule has 1 aromatic rings. The molecule has 0 aromatic heterocycles. The zero-order chi connectivity index (χ0) is 15.1. The summed E-state index contributed by atoms with van der Waals surface area (Å²) in [5.74, 6) is -0.975. The summed E-state index contributed by atoms with van der Waals surface area (Å²) >= 11 is 0. The molecule has 0 aliphatic carbocycles. The summed E-state index contributed by atoms with van der Waals surface area (Å²) in [5.41, 5.74) is -2.00. The average Bonchev–Trinajstić information content (AvgIpc) is 2.31. The Morgan fingerprint density at radius 1 is 1.33 bits per heavy atom. The number of halogens is 5. The van der Waals surface area contributed by atoms with Gasteiger partial charge in [-0.15, -0.1) is 12.4 Å². The molecule has 1 aliphatic rings. The molecular weight excluding hydrogens is 314 g/mol. The molecule has 3 nitrogen and oxygen atoms in total. The second-order valence-corrected chi connectivity index (χ2v) is 5.37. The van der Waals surface area contributed by atoms with Crippen LogP contribution in [0.2, 0.25) is 0 Å². The number of hydrogen-bond acceptors (Lipinski definition) is 2. The van der Waals surface area contributed by atoms with Crippen molar-refractivity contribution in [2.45, 2.75) is 26.1 Å². The SMILES string of the molecule is CC1(C)COC(=O)N[C@@H]1c1ccc(F)cc1C(F)(F)F.Cl. The van der Waals surface area contributed by atoms with Gasteiger partial charge in [-0.3, -0.25) is 0 Å². The summed E-state index contributed by atoms with van der Waals surface area (Å²) < 4.78 is 57.0. The van der Waals surface area contributed by atoms with Crippen LogP contribution in [0.4, 0.5) is 22.4 Å². The van der Waals surface area contributed by atoms with E-state index < -0.39 is 35.1 Å². The van der Waals surface area contributed by atoms with Crippen LogP contribution in [-0.2, 0) is 10.9 Å². The second-order valence-electron chi connectivity index (χ2n) is 5.37. The molecule has 1 N–H and O–H groups in total. The van der Waals surface area contributed by atoms with Gasteiger partial charge in [0.25, 0.3) is 0 Å². The molecule has 2 rings (SSSR count). The van der Waals surface area contributed by atoms with Crippen LogP contribution in [-0.4, -0.2) is 12.7 Å². The molecule has 118 valence electrons. The molecule has 1 aromatic carbocycles. The largest absolute Gasteiger partial charge is 0.449 e. The number of carbonyl (C=O) groups is 1. The molecule has 1 fully saturated rings. The van der Waals surface area contributed by atoms with Gasteiger partial charge in [-0.25, -0.2) is 9.18 Å². The summed E-state index contributed by atoms with van der Waals surface area (Å²) in [6.45, 7) is 3.32. The van der Waals surface area contributed by atoms with E-state index in [1.54, 1.807) is 13.8 Å². The third kappa shape index (κ3) is 3.58. The third-order valence-corrected chi connectivity index (χ3v) is 3.25. The Balaban J connectivity index is 0.00000220. The molecule has 1 atom stereocenters. The average molecular weight is 328 g/mol. The highest BCUT2D eigenvalue weighted by Crippen LogP contribution is 2.42. The topological polar surface area (TPSA) is 38.3 Å². The first-order chi connectivity index (χ1) is 9.11. The highest BCUT2D eigenvalue weighted by molar-refractivity contribution is 5.85. The van der Waals surface area contributed by atoms with Crippen LogP contribution in [0, 0.1) is 11.2 Å². The molecule has 1 aliphatic heterocycles. The second kappa shape index (κ2) is 5.71. The third-order valence-electron chi connectivity index (χ3n) is 3.25. The van der Waals surface area contributed by atoms with E-state index in [2.05, 4.69) is 5.32 Å². The van der Waals surface area contributed by atoms with Crippen molar-refractivity contribution in [1.82, 2.24) is 5.32 Å². The highest BCUT2D eigenvalue weighted by Gasteiger charge is 2.43.